The summed E-state index contributed by atoms with van der Waals surface area (Å²) in [7, 11) is 0. The molecule has 1 aromatic carbocycles. The van der Waals surface area contributed by atoms with Gasteiger partial charge in [-0.2, -0.15) is 0 Å². The Morgan fingerprint density at radius 1 is 1.44 bits per heavy atom. The maximum Gasteiger partial charge on any atom is 0.247 e. The second-order valence-corrected chi connectivity index (χ2v) is 3.11. The van der Waals surface area contributed by atoms with E-state index in [9.17, 15) is 4.39 Å². The van der Waals surface area contributed by atoms with E-state index in [0.717, 1.165) is 6.21 Å². The van der Waals surface area contributed by atoms with Crippen LogP contribution in [0.1, 0.15) is 11.5 Å². The van der Waals surface area contributed by atoms with E-state index in [0.29, 0.717) is 11.5 Å². The molecule has 0 unspecified atom stereocenters. The minimum atomic E-state index is -0.522. The molecule has 2 aromatic rings. The van der Waals surface area contributed by atoms with Crippen LogP contribution in [0.4, 0.5) is 4.39 Å². The first-order chi connectivity index (χ1) is 7.70. The molecule has 0 bridgehead atoms. The van der Waals surface area contributed by atoms with E-state index in [1.54, 1.807) is 13.0 Å². The monoisotopic (exact) mass is 221 g/mol. The summed E-state index contributed by atoms with van der Waals surface area (Å²) in [5.74, 6) is 0.145. The molecule has 0 aliphatic heterocycles. The van der Waals surface area contributed by atoms with Crippen molar-refractivity contribution in [2.45, 2.75) is 6.92 Å². The van der Waals surface area contributed by atoms with Gasteiger partial charge >= 0.3 is 0 Å². The Kier molecular flexibility index (Phi) is 2.63. The third-order valence-electron chi connectivity index (χ3n) is 1.97. The van der Waals surface area contributed by atoms with Gasteiger partial charge in [0.15, 0.2) is 0 Å². The van der Waals surface area contributed by atoms with Crippen LogP contribution in [0.2, 0.25) is 0 Å². The molecule has 82 valence electrons. The van der Waals surface area contributed by atoms with Gasteiger partial charge in [0.1, 0.15) is 5.82 Å². The summed E-state index contributed by atoms with van der Waals surface area (Å²) in [4.78, 5) is 0. The molecule has 0 fully saturated rings. The van der Waals surface area contributed by atoms with Gasteiger partial charge in [-0.05, 0) is 18.2 Å². The molecule has 1 N–H and O–H groups in total. The number of rotatable bonds is 2. The van der Waals surface area contributed by atoms with Crippen molar-refractivity contribution in [3.63, 3.8) is 0 Å². The summed E-state index contributed by atoms with van der Waals surface area (Å²) in [6.45, 7) is 1.65. The lowest BCUT2D eigenvalue weighted by Crippen LogP contribution is -1.89. The highest BCUT2D eigenvalue weighted by Gasteiger charge is 2.08. The molecule has 6 heteroatoms. The van der Waals surface area contributed by atoms with Crippen molar-refractivity contribution in [1.29, 1.82) is 0 Å². The zero-order valence-electron chi connectivity index (χ0n) is 8.38. The summed E-state index contributed by atoms with van der Waals surface area (Å²) in [5, 5.41) is 18.5. The Labute approximate surface area is 90.2 Å². The number of hydrogen-bond acceptors (Lipinski definition) is 5. The van der Waals surface area contributed by atoms with Crippen molar-refractivity contribution in [2.75, 3.05) is 0 Å². The molecule has 0 saturated heterocycles. The third kappa shape index (κ3) is 1.90. The summed E-state index contributed by atoms with van der Waals surface area (Å²) in [6, 6.07) is 4.31. The molecule has 0 aliphatic carbocycles. The smallest absolute Gasteiger partial charge is 0.247 e. The van der Waals surface area contributed by atoms with Crippen LogP contribution < -0.4 is 0 Å². The molecule has 2 rings (SSSR count). The normalized spacial score (nSPS) is 11.1. The highest BCUT2D eigenvalue weighted by atomic mass is 19.1. The fraction of sp³-hybridized carbons (Fsp3) is 0.100. The fourth-order valence-electron chi connectivity index (χ4n) is 1.24. The lowest BCUT2D eigenvalue weighted by molar-refractivity contribution is 0.321. The van der Waals surface area contributed by atoms with Crippen LogP contribution in [0.3, 0.4) is 0 Å². The minimum absolute atomic E-state index is 0.183. The molecule has 0 spiro atoms. The zero-order chi connectivity index (χ0) is 11.5. The SMILES string of the molecule is Cc1nnc(-c2ccc(/C=N/O)c(F)c2)o1. The van der Waals surface area contributed by atoms with E-state index in [1.807, 2.05) is 0 Å². The molecular formula is C10H8FN3O2. The van der Waals surface area contributed by atoms with Crippen molar-refractivity contribution >= 4 is 6.21 Å². The molecule has 5 nitrogen and oxygen atoms in total. The molecule has 1 aromatic heterocycles. The maximum atomic E-state index is 13.4. The van der Waals surface area contributed by atoms with Crippen molar-refractivity contribution in [2.24, 2.45) is 5.16 Å². The summed E-state index contributed by atoms with van der Waals surface area (Å²) in [6.07, 6.45) is 1.01. The zero-order valence-corrected chi connectivity index (χ0v) is 8.38. The van der Waals surface area contributed by atoms with Gasteiger partial charge in [0.2, 0.25) is 11.8 Å². The predicted octanol–water partition coefficient (Wildman–Crippen LogP) is 1.99. The van der Waals surface area contributed by atoms with Gasteiger partial charge in [0.05, 0.1) is 6.21 Å². The van der Waals surface area contributed by atoms with Crippen LogP contribution in [0.15, 0.2) is 27.8 Å². The molecule has 0 aliphatic rings. The van der Waals surface area contributed by atoms with Gasteiger partial charge in [-0.1, -0.05) is 5.16 Å². The van der Waals surface area contributed by atoms with E-state index in [4.69, 9.17) is 9.62 Å². The first-order valence-electron chi connectivity index (χ1n) is 4.48. The highest BCUT2D eigenvalue weighted by molar-refractivity contribution is 5.80. The number of nitrogens with zero attached hydrogens (tertiary/aromatic N) is 3. The Morgan fingerprint density at radius 3 is 2.81 bits per heavy atom. The van der Waals surface area contributed by atoms with E-state index in [2.05, 4.69) is 15.4 Å². The number of aryl methyl sites for hydroxylation is 1. The maximum absolute atomic E-state index is 13.4. The van der Waals surface area contributed by atoms with Crippen LogP contribution in [0.25, 0.3) is 11.5 Å². The quantitative estimate of drug-likeness (QED) is 0.478. The first kappa shape index (κ1) is 10.3. The Morgan fingerprint density at radius 2 is 2.25 bits per heavy atom. The lowest BCUT2D eigenvalue weighted by atomic mass is 10.1. The lowest BCUT2D eigenvalue weighted by Gasteiger charge is -1.98. The van der Waals surface area contributed by atoms with Crippen LogP contribution >= 0.6 is 0 Å². The molecule has 0 atom stereocenters. The van der Waals surface area contributed by atoms with Crippen molar-refractivity contribution in [3.05, 3.63) is 35.5 Å². The molecule has 16 heavy (non-hydrogen) atoms. The molecular weight excluding hydrogens is 213 g/mol. The third-order valence-corrected chi connectivity index (χ3v) is 1.97. The Bertz CT molecular complexity index is 537. The van der Waals surface area contributed by atoms with Gasteiger partial charge in [-0.25, -0.2) is 4.39 Å². The average Bonchev–Trinajstić information content (AvgIpc) is 2.68. The van der Waals surface area contributed by atoms with Crippen LogP contribution in [0, 0.1) is 12.7 Å². The summed E-state index contributed by atoms with van der Waals surface area (Å²) in [5.41, 5.74) is 0.663. The van der Waals surface area contributed by atoms with Crippen LogP contribution in [0.5, 0.6) is 0 Å². The molecule has 0 radical (unpaired) electrons. The molecule has 1 heterocycles. The Balaban J connectivity index is 2.41. The molecule has 0 amide bonds. The van der Waals surface area contributed by atoms with Crippen LogP contribution in [-0.4, -0.2) is 21.6 Å². The first-order valence-corrected chi connectivity index (χ1v) is 4.48. The van der Waals surface area contributed by atoms with Gasteiger partial charge in [0, 0.05) is 18.1 Å². The largest absolute Gasteiger partial charge is 0.421 e. The summed E-state index contributed by atoms with van der Waals surface area (Å²) < 4.78 is 18.6. The van der Waals surface area contributed by atoms with Crippen molar-refractivity contribution < 1.29 is 14.0 Å². The second-order valence-electron chi connectivity index (χ2n) is 3.11. The van der Waals surface area contributed by atoms with Gasteiger partial charge < -0.3 is 9.62 Å². The number of benzene rings is 1. The second kappa shape index (κ2) is 4.09. The fourth-order valence-corrected chi connectivity index (χ4v) is 1.24. The van der Waals surface area contributed by atoms with Gasteiger partial charge in [0.25, 0.3) is 0 Å². The van der Waals surface area contributed by atoms with Gasteiger partial charge in [-0.3, -0.25) is 0 Å². The number of aromatic nitrogens is 2. The topological polar surface area (TPSA) is 71.5 Å². The highest BCUT2D eigenvalue weighted by Crippen LogP contribution is 2.19. The van der Waals surface area contributed by atoms with Crippen molar-refractivity contribution in [1.82, 2.24) is 10.2 Å². The number of oxime groups is 1. The number of halogens is 1. The van der Waals surface area contributed by atoms with Crippen LogP contribution in [-0.2, 0) is 0 Å². The van der Waals surface area contributed by atoms with E-state index < -0.39 is 5.82 Å². The number of hydrogen-bond donors (Lipinski definition) is 1. The minimum Gasteiger partial charge on any atom is -0.421 e. The average molecular weight is 221 g/mol. The standard InChI is InChI=1S/C10H8FN3O2/c1-6-13-14-10(16-6)7-2-3-8(5-12-15)9(11)4-7/h2-5,15H,1H3/b12-5+. The summed E-state index contributed by atoms with van der Waals surface area (Å²) >= 11 is 0. The van der Waals surface area contributed by atoms with E-state index in [-0.39, 0.29) is 11.5 Å². The van der Waals surface area contributed by atoms with E-state index in [1.165, 1.54) is 12.1 Å². The van der Waals surface area contributed by atoms with Gasteiger partial charge in [-0.15, -0.1) is 10.2 Å². The molecule has 0 saturated carbocycles. The van der Waals surface area contributed by atoms with E-state index >= 15 is 0 Å². The van der Waals surface area contributed by atoms with Crippen molar-refractivity contribution in [3.8, 4) is 11.5 Å². The Hall–Kier alpha value is -2.24. The predicted molar refractivity (Wildman–Crippen MR) is 53.8 cm³/mol.